The summed E-state index contributed by atoms with van der Waals surface area (Å²) >= 11 is 5.99. The summed E-state index contributed by atoms with van der Waals surface area (Å²) in [4.78, 5) is 7.07. The van der Waals surface area contributed by atoms with Gasteiger partial charge in [-0.25, -0.2) is 4.98 Å². The molecule has 2 unspecified atom stereocenters. The Morgan fingerprint density at radius 1 is 1.25 bits per heavy atom. The van der Waals surface area contributed by atoms with Crippen LogP contribution < -0.4 is 4.90 Å². The Morgan fingerprint density at radius 3 is 2.65 bits per heavy atom. The fourth-order valence-electron chi connectivity index (χ4n) is 2.89. The Morgan fingerprint density at radius 2 is 1.95 bits per heavy atom. The van der Waals surface area contributed by atoms with E-state index in [0.717, 1.165) is 24.6 Å². The molecule has 2 heterocycles. The summed E-state index contributed by atoms with van der Waals surface area (Å²) in [5.74, 6) is 1.47. The van der Waals surface area contributed by atoms with Gasteiger partial charge in [0.25, 0.3) is 0 Å². The van der Waals surface area contributed by atoms with E-state index in [1.54, 1.807) is 0 Å². The van der Waals surface area contributed by atoms with Gasteiger partial charge in [-0.3, -0.25) is 0 Å². The molecule has 106 valence electrons. The number of nitrogens with zero attached hydrogens (tertiary/aromatic N) is 2. The van der Waals surface area contributed by atoms with Crippen molar-refractivity contribution in [1.82, 2.24) is 4.98 Å². The molecule has 0 bridgehead atoms. The SMILES string of the molecule is CC1CN(c2nc(CCl)cc3ccccc23)CC(C)O1. The summed E-state index contributed by atoms with van der Waals surface area (Å²) in [5, 5.41) is 2.38. The van der Waals surface area contributed by atoms with Crippen LogP contribution in [0.25, 0.3) is 10.8 Å². The van der Waals surface area contributed by atoms with Gasteiger partial charge < -0.3 is 9.64 Å². The molecule has 0 N–H and O–H groups in total. The van der Waals surface area contributed by atoms with Gasteiger partial charge in [-0.05, 0) is 25.3 Å². The van der Waals surface area contributed by atoms with E-state index in [1.165, 1.54) is 10.8 Å². The Hall–Kier alpha value is -1.32. The van der Waals surface area contributed by atoms with E-state index in [2.05, 4.69) is 49.1 Å². The number of hydrogen-bond donors (Lipinski definition) is 0. The quantitative estimate of drug-likeness (QED) is 0.791. The second-order valence-electron chi connectivity index (χ2n) is 5.45. The van der Waals surface area contributed by atoms with Crippen molar-refractivity contribution in [2.45, 2.75) is 31.9 Å². The minimum Gasteiger partial charge on any atom is -0.372 e. The molecule has 1 saturated heterocycles. The first kappa shape index (κ1) is 13.7. The van der Waals surface area contributed by atoms with E-state index in [1.807, 2.05) is 0 Å². The summed E-state index contributed by atoms with van der Waals surface area (Å²) < 4.78 is 5.81. The van der Waals surface area contributed by atoms with Crippen molar-refractivity contribution in [3.63, 3.8) is 0 Å². The second-order valence-corrected chi connectivity index (χ2v) is 5.72. The van der Waals surface area contributed by atoms with Crippen molar-refractivity contribution in [3.8, 4) is 0 Å². The minimum absolute atomic E-state index is 0.221. The first-order valence-corrected chi connectivity index (χ1v) is 7.56. The molecule has 1 aromatic heterocycles. The highest BCUT2D eigenvalue weighted by Gasteiger charge is 2.24. The molecular weight excluding hydrogens is 272 g/mol. The number of alkyl halides is 1. The predicted octanol–water partition coefficient (Wildman–Crippen LogP) is 3.59. The molecule has 1 aliphatic rings. The molecule has 3 rings (SSSR count). The highest BCUT2D eigenvalue weighted by atomic mass is 35.5. The number of anilines is 1. The van der Waals surface area contributed by atoms with Crippen molar-refractivity contribution < 1.29 is 4.74 Å². The van der Waals surface area contributed by atoms with Crippen LogP contribution in [-0.4, -0.2) is 30.3 Å². The zero-order chi connectivity index (χ0) is 14.1. The first-order chi connectivity index (χ1) is 9.67. The van der Waals surface area contributed by atoms with Gasteiger partial charge in [-0.2, -0.15) is 0 Å². The van der Waals surface area contributed by atoms with E-state index in [4.69, 9.17) is 21.3 Å². The first-order valence-electron chi connectivity index (χ1n) is 7.02. The second kappa shape index (κ2) is 5.58. The summed E-state index contributed by atoms with van der Waals surface area (Å²) in [6, 6.07) is 10.4. The predicted molar refractivity (Wildman–Crippen MR) is 83.5 cm³/mol. The number of rotatable bonds is 2. The van der Waals surface area contributed by atoms with Crippen LogP contribution in [0.4, 0.5) is 5.82 Å². The van der Waals surface area contributed by atoms with Crippen molar-refractivity contribution >= 4 is 28.2 Å². The normalized spacial score (nSPS) is 23.2. The van der Waals surface area contributed by atoms with Crippen molar-refractivity contribution in [2.75, 3.05) is 18.0 Å². The van der Waals surface area contributed by atoms with Crippen LogP contribution in [0.3, 0.4) is 0 Å². The van der Waals surface area contributed by atoms with Gasteiger partial charge in [0.15, 0.2) is 0 Å². The van der Waals surface area contributed by atoms with E-state index in [9.17, 15) is 0 Å². The average molecular weight is 291 g/mol. The number of fused-ring (bicyclic) bond motifs is 1. The number of ether oxygens (including phenoxy) is 1. The number of pyridine rings is 1. The maximum absolute atomic E-state index is 5.99. The number of morpholine rings is 1. The third-order valence-electron chi connectivity index (χ3n) is 3.63. The van der Waals surface area contributed by atoms with Gasteiger partial charge in [0.05, 0.1) is 23.8 Å². The van der Waals surface area contributed by atoms with Crippen LogP contribution in [0.5, 0.6) is 0 Å². The van der Waals surface area contributed by atoms with Crippen molar-refractivity contribution in [1.29, 1.82) is 0 Å². The lowest BCUT2D eigenvalue weighted by Gasteiger charge is -2.36. The Balaban J connectivity index is 2.09. The molecule has 1 fully saturated rings. The van der Waals surface area contributed by atoms with Gasteiger partial charge >= 0.3 is 0 Å². The van der Waals surface area contributed by atoms with Crippen LogP contribution in [0.2, 0.25) is 0 Å². The molecular formula is C16H19ClN2O. The van der Waals surface area contributed by atoms with E-state index in [-0.39, 0.29) is 12.2 Å². The molecule has 0 aliphatic carbocycles. The van der Waals surface area contributed by atoms with Gasteiger partial charge in [0.2, 0.25) is 0 Å². The molecule has 0 radical (unpaired) electrons. The third kappa shape index (κ3) is 2.60. The zero-order valence-electron chi connectivity index (χ0n) is 11.8. The van der Waals surface area contributed by atoms with Gasteiger partial charge in [-0.1, -0.05) is 24.3 Å². The molecule has 2 aromatic rings. The summed E-state index contributed by atoms with van der Waals surface area (Å²) in [5.41, 5.74) is 0.923. The highest BCUT2D eigenvalue weighted by molar-refractivity contribution is 6.17. The lowest BCUT2D eigenvalue weighted by atomic mass is 10.1. The fourth-order valence-corrected chi connectivity index (χ4v) is 3.03. The Kier molecular flexibility index (Phi) is 3.81. The number of aromatic nitrogens is 1. The standard InChI is InChI=1S/C16H19ClN2O/c1-11-9-19(10-12(2)20-11)16-15-6-4-3-5-13(15)7-14(8-17)18-16/h3-7,11-12H,8-10H2,1-2H3. The monoisotopic (exact) mass is 290 g/mol. The van der Waals surface area contributed by atoms with E-state index in [0.29, 0.717) is 5.88 Å². The third-order valence-corrected chi connectivity index (χ3v) is 3.90. The zero-order valence-corrected chi connectivity index (χ0v) is 12.6. The summed E-state index contributed by atoms with van der Waals surface area (Å²) in [7, 11) is 0. The smallest absolute Gasteiger partial charge is 0.136 e. The van der Waals surface area contributed by atoms with Gasteiger partial charge in [-0.15, -0.1) is 11.6 Å². The molecule has 0 saturated carbocycles. The van der Waals surface area contributed by atoms with Crippen molar-refractivity contribution in [3.05, 3.63) is 36.0 Å². The maximum Gasteiger partial charge on any atom is 0.136 e. The van der Waals surface area contributed by atoms with Crippen molar-refractivity contribution in [2.24, 2.45) is 0 Å². The van der Waals surface area contributed by atoms with Crippen LogP contribution in [-0.2, 0) is 10.6 Å². The summed E-state index contributed by atoms with van der Waals surface area (Å²) in [6.45, 7) is 5.95. The highest BCUT2D eigenvalue weighted by Crippen LogP contribution is 2.28. The Labute approximate surface area is 124 Å². The minimum atomic E-state index is 0.221. The van der Waals surface area contributed by atoms with Crippen LogP contribution in [0.15, 0.2) is 30.3 Å². The van der Waals surface area contributed by atoms with E-state index < -0.39 is 0 Å². The largest absolute Gasteiger partial charge is 0.372 e. The number of hydrogen-bond acceptors (Lipinski definition) is 3. The molecule has 1 aliphatic heterocycles. The topological polar surface area (TPSA) is 25.4 Å². The molecule has 0 spiro atoms. The number of halogens is 1. The molecule has 0 amide bonds. The lowest BCUT2D eigenvalue weighted by molar-refractivity contribution is -0.00537. The van der Waals surface area contributed by atoms with Crippen LogP contribution in [0, 0.1) is 0 Å². The average Bonchev–Trinajstić information content (AvgIpc) is 2.45. The van der Waals surface area contributed by atoms with Gasteiger partial charge in [0.1, 0.15) is 5.82 Å². The van der Waals surface area contributed by atoms with Crippen LogP contribution in [0.1, 0.15) is 19.5 Å². The fraction of sp³-hybridized carbons (Fsp3) is 0.438. The van der Waals surface area contributed by atoms with E-state index >= 15 is 0 Å². The van der Waals surface area contributed by atoms with Crippen LogP contribution >= 0.6 is 11.6 Å². The number of benzene rings is 1. The molecule has 3 nitrogen and oxygen atoms in total. The van der Waals surface area contributed by atoms with Gasteiger partial charge in [0, 0.05) is 18.5 Å². The molecule has 4 heteroatoms. The molecule has 1 aromatic carbocycles. The molecule has 20 heavy (non-hydrogen) atoms. The maximum atomic E-state index is 5.99. The summed E-state index contributed by atoms with van der Waals surface area (Å²) in [6.07, 6.45) is 0.443. The lowest BCUT2D eigenvalue weighted by Crippen LogP contribution is -2.46. The Bertz CT molecular complexity index is 606. The molecule has 2 atom stereocenters.